The molecule has 3 saturated heterocycles. The molecule has 77 heavy (non-hydrogen) atoms. The number of esters is 4. The molecule has 0 aromatic heterocycles. The lowest BCUT2D eigenvalue weighted by Gasteiger charge is -2.43. The third-order valence-corrected chi connectivity index (χ3v) is 14.1. The van der Waals surface area contributed by atoms with E-state index in [-0.39, 0.29) is 105 Å². The molecule has 1 N–H and O–H groups in total. The first kappa shape index (κ1) is 69.8. The highest BCUT2D eigenvalue weighted by molar-refractivity contribution is 6.67. The molecule has 0 bridgehead atoms. The van der Waals surface area contributed by atoms with Gasteiger partial charge in [0.25, 0.3) is 0 Å². The summed E-state index contributed by atoms with van der Waals surface area (Å²) in [5.41, 5.74) is -1.17. The molecule has 3 aliphatic carbocycles. The summed E-state index contributed by atoms with van der Waals surface area (Å²) in [6.07, 6.45) is 8.80. The first-order valence-corrected chi connectivity index (χ1v) is 27.7. The Kier molecular flexibility index (Phi) is 26.2. The van der Waals surface area contributed by atoms with Crippen molar-refractivity contribution >= 4 is 46.5 Å². The van der Waals surface area contributed by atoms with Crippen LogP contribution in [-0.2, 0) is 76.1 Å². The number of carbonyl (C=O) groups is 6. The number of hydrogen-bond donors (Lipinski definition) is 1. The second-order valence-corrected chi connectivity index (χ2v) is 27.0. The number of carbonyl (C=O) groups excluding carboxylic acids is 6. The van der Waals surface area contributed by atoms with Gasteiger partial charge < -0.3 is 52.5 Å². The molecule has 0 spiro atoms. The largest absolute Gasteiger partial charge is 0.463 e. The topological polar surface area (TPSA) is 215 Å². The Morgan fingerprint density at radius 2 is 0.857 bits per heavy atom. The van der Waals surface area contributed by atoms with Crippen molar-refractivity contribution in [1.29, 1.82) is 0 Å². The van der Waals surface area contributed by atoms with Crippen LogP contribution in [0.5, 0.6) is 0 Å². The fourth-order valence-corrected chi connectivity index (χ4v) is 10.8. The summed E-state index contributed by atoms with van der Waals surface area (Å²) >= 11 is 4.87. The van der Waals surface area contributed by atoms with E-state index >= 15 is 0 Å². The van der Waals surface area contributed by atoms with Crippen molar-refractivity contribution in [2.45, 2.75) is 242 Å². The summed E-state index contributed by atoms with van der Waals surface area (Å²) in [7, 11) is 0. The summed E-state index contributed by atoms with van der Waals surface area (Å²) < 4.78 is 54.4. The van der Waals surface area contributed by atoms with Gasteiger partial charge in [-0.25, -0.2) is 4.79 Å². The molecule has 0 radical (unpaired) electrons. The van der Waals surface area contributed by atoms with Crippen molar-refractivity contribution in [3.8, 4) is 0 Å². The van der Waals surface area contributed by atoms with Crippen molar-refractivity contribution < 1.29 is 81.2 Å². The van der Waals surface area contributed by atoms with E-state index in [1.165, 1.54) is 13.3 Å². The molecule has 3 heterocycles. The third-order valence-electron chi connectivity index (χ3n) is 13.8. The van der Waals surface area contributed by atoms with E-state index in [2.05, 4.69) is 75.5 Å². The molecule has 0 aromatic rings. The lowest BCUT2D eigenvalue weighted by Crippen LogP contribution is -2.55. The number of halogens is 1. The van der Waals surface area contributed by atoms with Gasteiger partial charge >= 0.3 is 23.9 Å². The van der Waals surface area contributed by atoms with Gasteiger partial charge in [0.1, 0.15) is 37.1 Å². The number of Topliss-reactive ketones (excluding diaryl/α,β-unsaturated/α-hetero) is 1. The van der Waals surface area contributed by atoms with Crippen LogP contribution in [0.3, 0.4) is 0 Å². The molecule has 6 fully saturated rings. The average molecular weight is 1120 g/mol. The number of allylic oxidation sites excluding steroid dienone is 1. The number of ether oxygens (including phenoxy) is 10. The molecule has 17 nitrogen and oxygen atoms in total. The van der Waals surface area contributed by atoms with Crippen molar-refractivity contribution in [3.63, 3.8) is 0 Å². The van der Waals surface area contributed by atoms with Gasteiger partial charge in [-0.15, -0.1) is 0 Å². The zero-order chi connectivity index (χ0) is 59.2. The van der Waals surface area contributed by atoms with Crippen molar-refractivity contribution in [2.75, 3.05) is 39.6 Å². The van der Waals surface area contributed by atoms with E-state index in [1.807, 2.05) is 0 Å². The van der Waals surface area contributed by atoms with Gasteiger partial charge in [-0.3, -0.25) is 24.0 Å². The average Bonchev–Trinajstić information content (AvgIpc) is 3.22. The van der Waals surface area contributed by atoms with Gasteiger partial charge in [-0.05, 0) is 159 Å². The molecule has 6 aliphatic rings. The van der Waals surface area contributed by atoms with Gasteiger partial charge in [0.05, 0.1) is 39.3 Å². The fourth-order valence-electron chi connectivity index (χ4n) is 10.8. The maximum absolute atomic E-state index is 12.7. The maximum Gasteiger partial charge on any atom is 0.333 e. The van der Waals surface area contributed by atoms with E-state index in [0.29, 0.717) is 28.7 Å². The minimum Gasteiger partial charge on any atom is -0.463 e. The van der Waals surface area contributed by atoms with Gasteiger partial charge in [-0.1, -0.05) is 75.5 Å². The molecule has 0 amide bonds. The van der Waals surface area contributed by atoms with E-state index in [0.717, 1.165) is 51.4 Å². The Morgan fingerprint density at radius 1 is 0.532 bits per heavy atom. The van der Waals surface area contributed by atoms with E-state index in [1.54, 1.807) is 55.4 Å². The first-order valence-electron chi connectivity index (χ1n) is 27.3. The first-order chi connectivity index (χ1) is 34.9. The Hall–Kier alpha value is -3.29. The van der Waals surface area contributed by atoms with E-state index in [9.17, 15) is 33.9 Å². The minimum absolute atomic E-state index is 0.00863. The van der Waals surface area contributed by atoms with Gasteiger partial charge in [0.2, 0.25) is 5.24 Å². The minimum atomic E-state index is -1.29. The van der Waals surface area contributed by atoms with Crippen molar-refractivity contribution in [1.82, 2.24) is 0 Å². The molecule has 18 heteroatoms. The molecule has 6 rings (SSSR count). The monoisotopic (exact) mass is 1110 g/mol. The zero-order valence-electron chi connectivity index (χ0n) is 50.3. The smallest absolute Gasteiger partial charge is 0.333 e. The third kappa shape index (κ3) is 28.1. The van der Waals surface area contributed by atoms with Crippen LogP contribution in [0, 0.1) is 34.0 Å². The Labute approximate surface area is 466 Å². The Bertz CT molecular complexity index is 1980. The van der Waals surface area contributed by atoms with Crippen LogP contribution in [0.15, 0.2) is 24.3 Å². The number of aliphatic hydroxyl groups is 1. The predicted octanol–water partition coefficient (Wildman–Crippen LogP) is 10.9. The summed E-state index contributed by atoms with van der Waals surface area (Å²) in [6, 6.07) is 0. The number of hydrogen-bond acceptors (Lipinski definition) is 17. The SMILES string of the molecule is C=C(C)C(=O)Cl.C=C(C)C(=O)OC1(CC(=O)OC2CC(C)CC(C)(C)C2)COC(C)(C)OC1.CC(=O)OC1CC(C)CC(C)(C)C1.CC1(C)OCC(=O)CO1.CC1CC(OC(=O)CC2(O)COC(C)(C)OC2)CC(C)(C)C1. The summed E-state index contributed by atoms with van der Waals surface area (Å²) in [6.45, 7) is 42.8. The van der Waals surface area contributed by atoms with Gasteiger partial charge in [0, 0.05) is 18.1 Å². The van der Waals surface area contributed by atoms with Crippen LogP contribution < -0.4 is 0 Å². The van der Waals surface area contributed by atoms with Crippen LogP contribution in [0.2, 0.25) is 0 Å². The maximum atomic E-state index is 12.7. The second-order valence-electron chi connectivity index (χ2n) is 26.7. The fraction of sp³-hybridized carbons (Fsp3) is 0.831. The van der Waals surface area contributed by atoms with Gasteiger partial charge in [-0.2, -0.15) is 0 Å². The van der Waals surface area contributed by atoms with Gasteiger partial charge in [0.15, 0.2) is 28.7 Å². The molecule has 6 unspecified atom stereocenters. The van der Waals surface area contributed by atoms with Crippen LogP contribution in [0.1, 0.15) is 195 Å². The van der Waals surface area contributed by atoms with Crippen LogP contribution in [-0.4, -0.2) is 127 Å². The normalized spacial score (nSPS) is 28.8. The molecular weight excluding hydrogens is 1020 g/mol. The molecule has 6 atom stereocenters. The number of rotatable bonds is 10. The molecule has 3 saturated carbocycles. The lowest BCUT2D eigenvalue weighted by atomic mass is 9.71. The summed E-state index contributed by atoms with van der Waals surface area (Å²) in [5, 5.41) is 9.94. The van der Waals surface area contributed by atoms with Crippen molar-refractivity contribution in [2.24, 2.45) is 34.0 Å². The standard InChI is InChI=1S/C21H34O6.C17H30O5.C11H20O2.C6H10O3.C4H5ClO/c1-14(2)18(23)27-21(12-24-20(6,7)25-13-21)11-17(22)26-16-8-15(3)9-19(4,5)10-16;1-12-6-13(8-15(2,3)7-12)22-14(18)9-17(19)10-20-16(4,5)21-11-17;1-8-5-10(13-9(2)12)7-11(3,4)6-8;1-6(2)8-3-5(7)4-9-6;1-3(2)4(5)6/h15-16H,1,8-13H2,2-7H3;12-13,19H,6-11H2,1-5H3;8,10H,5-7H2,1-4H3;3-4H2,1-2H3;1H2,2H3. The predicted molar refractivity (Wildman–Crippen MR) is 292 cm³/mol. The summed E-state index contributed by atoms with van der Waals surface area (Å²) in [4.78, 5) is 68.0. The highest BCUT2D eigenvalue weighted by atomic mass is 35.5. The van der Waals surface area contributed by atoms with Crippen LogP contribution >= 0.6 is 11.6 Å². The molecule has 3 aliphatic heterocycles. The molecule has 0 aromatic carbocycles. The highest BCUT2D eigenvalue weighted by Crippen LogP contribution is 2.42. The molecular formula is C59H99ClO17. The lowest BCUT2D eigenvalue weighted by molar-refractivity contribution is -0.304. The van der Waals surface area contributed by atoms with Crippen LogP contribution in [0.4, 0.5) is 0 Å². The van der Waals surface area contributed by atoms with Crippen LogP contribution in [0.25, 0.3) is 0 Å². The highest BCUT2D eigenvalue weighted by Gasteiger charge is 2.47. The van der Waals surface area contributed by atoms with Crippen molar-refractivity contribution in [3.05, 3.63) is 24.3 Å². The Balaban J connectivity index is 0.000000360. The quantitative estimate of drug-likeness (QED) is 0.0931. The zero-order valence-corrected chi connectivity index (χ0v) is 51.0. The Morgan fingerprint density at radius 3 is 1.17 bits per heavy atom. The van der Waals surface area contributed by atoms with E-state index in [4.69, 9.17) is 59.0 Å². The van der Waals surface area contributed by atoms with E-state index < -0.39 is 45.7 Å². The number of ketones is 1. The second kappa shape index (κ2) is 28.9. The molecule has 444 valence electrons. The summed E-state index contributed by atoms with van der Waals surface area (Å²) in [5.74, 6) is -1.80.